The van der Waals surface area contributed by atoms with Crippen LogP contribution in [0.2, 0.25) is 0 Å². The van der Waals surface area contributed by atoms with Gasteiger partial charge in [0.1, 0.15) is 23.8 Å². The number of nitrogens with zero attached hydrogens (tertiary/aromatic N) is 5. The van der Waals surface area contributed by atoms with E-state index in [1.165, 1.54) is 7.11 Å². The predicted octanol–water partition coefficient (Wildman–Crippen LogP) is 2.05. The Hall–Kier alpha value is -1.95. The molecular weight excluding hydrogens is 446 g/mol. The highest BCUT2D eigenvalue weighted by Crippen LogP contribution is 2.60. The van der Waals surface area contributed by atoms with Crippen LogP contribution in [0.5, 0.6) is 0 Å². The Labute approximate surface area is 194 Å². The molecule has 5 rings (SSSR count). The van der Waals surface area contributed by atoms with Crippen LogP contribution in [0.25, 0.3) is 0 Å². The van der Waals surface area contributed by atoms with Crippen LogP contribution in [0.1, 0.15) is 67.9 Å². The monoisotopic (exact) mass is 477 g/mol. The van der Waals surface area contributed by atoms with Gasteiger partial charge in [0.25, 0.3) is 0 Å². The average Bonchev–Trinajstić information content (AvgIpc) is 3.73. The van der Waals surface area contributed by atoms with Crippen molar-refractivity contribution >= 4 is 9.84 Å². The van der Waals surface area contributed by atoms with Crippen LogP contribution in [-0.4, -0.2) is 65.3 Å². The molecule has 2 aliphatic carbocycles. The zero-order valence-electron chi connectivity index (χ0n) is 19.3. The highest BCUT2D eigenvalue weighted by Gasteiger charge is 2.58. The number of aryl methyl sites for hydroxylation is 1. The summed E-state index contributed by atoms with van der Waals surface area (Å²) in [7, 11) is -2.16. The molecule has 2 saturated carbocycles. The second kappa shape index (κ2) is 8.68. The van der Waals surface area contributed by atoms with Crippen molar-refractivity contribution < 1.29 is 22.6 Å². The summed E-state index contributed by atoms with van der Waals surface area (Å²) < 4.78 is 46.2. The molecular formula is C22H31N5O5S. The third-order valence-corrected chi connectivity index (χ3v) is 9.11. The first-order valence-electron chi connectivity index (χ1n) is 11.5. The average molecular weight is 478 g/mol. The zero-order valence-corrected chi connectivity index (χ0v) is 20.1. The highest BCUT2D eigenvalue weighted by atomic mass is 32.2. The van der Waals surface area contributed by atoms with Crippen molar-refractivity contribution in [3.8, 4) is 0 Å². The SMILES string of the molecule is CO[C@H](c1cnc(C)cn1)[C@H](C)S(=O)(=O)Cc1nnc([C@H]2COCCO2)n1C1(C2CC2)CC1. The molecule has 33 heavy (non-hydrogen) atoms. The van der Waals surface area contributed by atoms with Gasteiger partial charge < -0.3 is 18.8 Å². The summed E-state index contributed by atoms with van der Waals surface area (Å²) in [5.41, 5.74) is 1.16. The van der Waals surface area contributed by atoms with Crippen molar-refractivity contribution in [3.63, 3.8) is 0 Å². The molecule has 0 unspecified atom stereocenters. The molecule has 2 aromatic heterocycles. The van der Waals surface area contributed by atoms with E-state index >= 15 is 0 Å². The van der Waals surface area contributed by atoms with E-state index in [0.29, 0.717) is 43.1 Å². The lowest BCUT2D eigenvalue weighted by Gasteiger charge is -2.28. The van der Waals surface area contributed by atoms with Gasteiger partial charge in [-0.25, -0.2) is 8.42 Å². The van der Waals surface area contributed by atoms with E-state index in [2.05, 4.69) is 24.7 Å². The highest BCUT2D eigenvalue weighted by molar-refractivity contribution is 7.91. The molecule has 3 fully saturated rings. The molecule has 3 heterocycles. The van der Waals surface area contributed by atoms with Crippen molar-refractivity contribution in [1.82, 2.24) is 24.7 Å². The van der Waals surface area contributed by atoms with E-state index in [-0.39, 0.29) is 17.4 Å². The second-order valence-electron chi connectivity index (χ2n) is 9.37. The van der Waals surface area contributed by atoms with Crippen LogP contribution in [0, 0.1) is 12.8 Å². The lowest BCUT2D eigenvalue weighted by molar-refractivity contribution is -0.0955. The van der Waals surface area contributed by atoms with Gasteiger partial charge in [0.2, 0.25) is 0 Å². The van der Waals surface area contributed by atoms with Crippen LogP contribution in [0.15, 0.2) is 12.4 Å². The largest absolute Gasteiger partial charge is 0.376 e. The van der Waals surface area contributed by atoms with Gasteiger partial charge >= 0.3 is 0 Å². The Balaban J connectivity index is 1.45. The summed E-state index contributed by atoms with van der Waals surface area (Å²) in [4.78, 5) is 8.58. The second-order valence-corrected chi connectivity index (χ2v) is 11.7. The molecule has 0 radical (unpaired) electrons. The predicted molar refractivity (Wildman–Crippen MR) is 118 cm³/mol. The van der Waals surface area contributed by atoms with Gasteiger partial charge in [0.05, 0.1) is 48.2 Å². The Morgan fingerprint density at radius 3 is 2.58 bits per heavy atom. The molecule has 3 aliphatic rings. The summed E-state index contributed by atoms with van der Waals surface area (Å²) in [6.07, 6.45) is 6.46. The minimum absolute atomic E-state index is 0.0865. The first-order valence-corrected chi connectivity index (χ1v) is 13.2. The summed E-state index contributed by atoms with van der Waals surface area (Å²) in [5.74, 6) is 1.48. The fraction of sp³-hybridized carbons (Fsp3) is 0.727. The fourth-order valence-corrected chi connectivity index (χ4v) is 6.36. The van der Waals surface area contributed by atoms with Gasteiger partial charge in [-0.2, -0.15) is 0 Å². The number of aromatic nitrogens is 5. The first-order chi connectivity index (χ1) is 15.9. The molecule has 180 valence electrons. The summed E-state index contributed by atoms with van der Waals surface area (Å²) in [5, 5.41) is 7.96. The number of ether oxygens (including phenoxy) is 3. The molecule has 3 atom stereocenters. The number of sulfone groups is 1. The lowest BCUT2D eigenvalue weighted by Crippen LogP contribution is -2.33. The molecule has 10 nitrogen and oxygen atoms in total. The summed E-state index contributed by atoms with van der Waals surface area (Å²) in [6.45, 7) is 4.93. The Morgan fingerprint density at radius 1 is 1.21 bits per heavy atom. The topological polar surface area (TPSA) is 118 Å². The van der Waals surface area contributed by atoms with Crippen LogP contribution in [0.3, 0.4) is 0 Å². The molecule has 1 saturated heterocycles. The van der Waals surface area contributed by atoms with Crippen LogP contribution in [0.4, 0.5) is 0 Å². The maximum absolute atomic E-state index is 13.5. The van der Waals surface area contributed by atoms with E-state index in [1.54, 1.807) is 19.3 Å². The Morgan fingerprint density at radius 2 is 2.00 bits per heavy atom. The number of rotatable bonds is 9. The minimum atomic E-state index is -3.65. The van der Waals surface area contributed by atoms with Crippen molar-refractivity contribution in [2.24, 2.45) is 5.92 Å². The van der Waals surface area contributed by atoms with Crippen LogP contribution < -0.4 is 0 Å². The fourth-order valence-electron chi connectivity index (χ4n) is 4.92. The van der Waals surface area contributed by atoms with Gasteiger partial charge in [0.15, 0.2) is 15.7 Å². The van der Waals surface area contributed by atoms with Gasteiger partial charge in [0, 0.05) is 13.3 Å². The molecule has 1 aliphatic heterocycles. The molecule has 0 spiro atoms. The van der Waals surface area contributed by atoms with Crippen LogP contribution in [-0.2, 0) is 35.3 Å². The number of hydrogen-bond donors (Lipinski definition) is 0. The first kappa shape index (κ1) is 22.8. The van der Waals surface area contributed by atoms with Gasteiger partial charge in [-0.3, -0.25) is 9.97 Å². The standard InChI is InChI=1S/C22H31N5O5S/c1-14-10-24-17(11-23-14)20(30-3)15(2)33(28,29)13-19-25-26-21(18-12-31-8-9-32-18)27(19)22(6-7-22)16-4-5-16/h10-11,15-16,18,20H,4-9,12-13H2,1-3H3/t15-,18+,20-/m0/s1. The normalized spacial score (nSPS) is 24.4. The molecule has 0 bridgehead atoms. The maximum atomic E-state index is 13.5. The molecule has 2 aromatic rings. The van der Waals surface area contributed by atoms with Crippen LogP contribution >= 0.6 is 0 Å². The molecule has 0 aromatic carbocycles. The van der Waals surface area contributed by atoms with Gasteiger partial charge in [-0.05, 0) is 45.4 Å². The third kappa shape index (κ3) is 4.31. The van der Waals surface area contributed by atoms with Crippen molar-refractivity contribution in [3.05, 3.63) is 35.4 Å². The lowest BCUT2D eigenvalue weighted by atomic mass is 10.1. The van der Waals surface area contributed by atoms with E-state index in [9.17, 15) is 8.42 Å². The van der Waals surface area contributed by atoms with E-state index in [1.807, 2.05) is 6.92 Å². The number of methoxy groups -OCH3 is 1. The molecule has 11 heteroatoms. The third-order valence-electron chi connectivity index (χ3n) is 7.07. The number of hydrogen-bond acceptors (Lipinski definition) is 9. The van der Waals surface area contributed by atoms with Crippen molar-refractivity contribution in [2.75, 3.05) is 26.9 Å². The summed E-state index contributed by atoms with van der Waals surface area (Å²) >= 11 is 0. The Kier molecular flexibility index (Phi) is 6.00. The molecule has 0 amide bonds. The van der Waals surface area contributed by atoms with E-state index in [0.717, 1.165) is 31.4 Å². The zero-order chi connectivity index (χ0) is 23.2. The maximum Gasteiger partial charge on any atom is 0.165 e. The van der Waals surface area contributed by atoms with E-state index in [4.69, 9.17) is 14.2 Å². The summed E-state index contributed by atoms with van der Waals surface area (Å²) in [6, 6.07) is 0. The van der Waals surface area contributed by atoms with E-state index < -0.39 is 21.2 Å². The minimum Gasteiger partial charge on any atom is -0.376 e. The smallest absolute Gasteiger partial charge is 0.165 e. The molecule has 0 N–H and O–H groups in total. The van der Waals surface area contributed by atoms with Gasteiger partial charge in [-0.1, -0.05) is 0 Å². The van der Waals surface area contributed by atoms with Crippen molar-refractivity contribution in [1.29, 1.82) is 0 Å². The quantitative estimate of drug-likeness (QED) is 0.534. The van der Waals surface area contributed by atoms with Crippen molar-refractivity contribution in [2.45, 2.75) is 68.3 Å². The Bertz CT molecular complexity index is 1090. The van der Waals surface area contributed by atoms with Gasteiger partial charge in [-0.15, -0.1) is 10.2 Å².